The van der Waals surface area contributed by atoms with Gasteiger partial charge in [0.15, 0.2) is 0 Å². The van der Waals surface area contributed by atoms with Crippen LogP contribution in [0.2, 0.25) is 0 Å². The first-order valence-electron chi connectivity index (χ1n) is 4.42. The summed E-state index contributed by atoms with van der Waals surface area (Å²) in [6, 6.07) is 6.87. The molecule has 1 aliphatic rings. The Balaban J connectivity index is 2.58. The predicted octanol–water partition coefficient (Wildman–Crippen LogP) is 2.73. The average molecular weight is 184 g/mol. The van der Waals surface area contributed by atoms with Gasteiger partial charge >= 0.3 is 0 Å². The van der Waals surface area contributed by atoms with Crippen molar-refractivity contribution in [1.29, 1.82) is 0 Å². The SMILES string of the molecule is Oc1cc2c3c(c(O)ccc3c1)C=C2. The number of benzene rings is 2. The molecule has 0 fully saturated rings. The van der Waals surface area contributed by atoms with Crippen LogP contribution < -0.4 is 0 Å². The van der Waals surface area contributed by atoms with Crippen LogP contribution in [0.15, 0.2) is 24.3 Å². The second kappa shape index (κ2) is 2.29. The van der Waals surface area contributed by atoms with E-state index in [-0.39, 0.29) is 11.5 Å². The molecule has 68 valence electrons. The molecule has 2 heteroatoms. The topological polar surface area (TPSA) is 40.5 Å². The third-order valence-corrected chi connectivity index (χ3v) is 2.58. The summed E-state index contributed by atoms with van der Waals surface area (Å²) < 4.78 is 0. The van der Waals surface area contributed by atoms with Gasteiger partial charge in [-0.2, -0.15) is 0 Å². The van der Waals surface area contributed by atoms with Crippen LogP contribution in [0.5, 0.6) is 11.5 Å². The summed E-state index contributed by atoms with van der Waals surface area (Å²) in [5.41, 5.74) is 1.81. The Hall–Kier alpha value is -1.96. The van der Waals surface area contributed by atoms with Crippen molar-refractivity contribution in [2.75, 3.05) is 0 Å². The van der Waals surface area contributed by atoms with Crippen molar-refractivity contribution >= 4 is 22.9 Å². The summed E-state index contributed by atoms with van der Waals surface area (Å²) in [5, 5.41) is 21.0. The minimum Gasteiger partial charge on any atom is -0.508 e. The Kier molecular flexibility index (Phi) is 1.22. The van der Waals surface area contributed by atoms with E-state index in [1.165, 1.54) is 0 Å². The minimum absolute atomic E-state index is 0.260. The van der Waals surface area contributed by atoms with Crippen LogP contribution in [-0.2, 0) is 0 Å². The third-order valence-electron chi connectivity index (χ3n) is 2.58. The fourth-order valence-corrected chi connectivity index (χ4v) is 1.97. The standard InChI is InChI=1S/C12H8O2/c13-9-5-7-1-3-10-11(14)4-2-8(6-9)12(7)10/h1-6,13-14H. The molecular formula is C12H8O2. The number of phenols is 2. The maximum absolute atomic E-state index is 9.60. The van der Waals surface area contributed by atoms with Gasteiger partial charge in [-0.05, 0) is 29.1 Å². The van der Waals surface area contributed by atoms with E-state index in [9.17, 15) is 10.2 Å². The highest BCUT2D eigenvalue weighted by atomic mass is 16.3. The molecule has 0 spiro atoms. The first-order valence-corrected chi connectivity index (χ1v) is 4.42. The molecule has 2 nitrogen and oxygen atoms in total. The fourth-order valence-electron chi connectivity index (χ4n) is 1.97. The highest BCUT2D eigenvalue weighted by molar-refractivity contribution is 6.07. The number of phenolic OH excluding ortho intramolecular Hbond substituents is 2. The second-order valence-electron chi connectivity index (χ2n) is 3.46. The lowest BCUT2D eigenvalue weighted by atomic mass is 10.0. The summed E-state index contributed by atoms with van der Waals surface area (Å²) in [4.78, 5) is 0. The molecule has 0 radical (unpaired) electrons. The van der Waals surface area contributed by atoms with Gasteiger partial charge in [0.2, 0.25) is 0 Å². The van der Waals surface area contributed by atoms with Crippen LogP contribution in [-0.4, -0.2) is 10.2 Å². The monoisotopic (exact) mass is 184 g/mol. The van der Waals surface area contributed by atoms with Crippen LogP contribution in [0.1, 0.15) is 11.1 Å². The molecule has 1 aliphatic carbocycles. The fraction of sp³-hybridized carbons (Fsp3) is 0. The molecular weight excluding hydrogens is 176 g/mol. The zero-order valence-electron chi connectivity index (χ0n) is 7.36. The Bertz CT molecular complexity index is 568. The summed E-state index contributed by atoms with van der Waals surface area (Å²) in [7, 11) is 0. The molecule has 14 heavy (non-hydrogen) atoms. The molecule has 0 saturated heterocycles. The number of hydrogen-bond donors (Lipinski definition) is 2. The molecule has 2 aromatic carbocycles. The molecule has 0 saturated carbocycles. The number of hydrogen-bond acceptors (Lipinski definition) is 2. The summed E-state index contributed by atoms with van der Waals surface area (Å²) in [6.07, 6.45) is 3.77. The van der Waals surface area contributed by atoms with E-state index in [2.05, 4.69) is 0 Å². The molecule has 0 aromatic heterocycles. The average Bonchev–Trinajstić information content (AvgIpc) is 2.56. The quantitative estimate of drug-likeness (QED) is 0.564. The van der Waals surface area contributed by atoms with E-state index in [0.717, 1.165) is 21.9 Å². The predicted molar refractivity (Wildman–Crippen MR) is 56.2 cm³/mol. The minimum atomic E-state index is 0.260. The molecule has 0 atom stereocenters. The Morgan fingerprint density at radius 2 is 1.79 bits per heavy atom. The molecule has 0 bridgehead atoms. The molecule has 0 amide bonds. The summed E-state index contributed by atoms with van der Waals surface area (Å²) in [6.45, 7) is 0. The van der Waals surface area contributed by atoms with Crippen molar-refractivity contribution in [3.8, 4) is 11.5 Å². The van der Waals surface area contributed by atoms with Gasteiger partial charge in [-0.25, -0.2) is 0 Å². The van der Waals surface area contributed by atoms with Crippen LogP contribution in [0, 0.1) is 0 Å². The van der Waals surface area contributed by atoms with Crippen molar-refractivity contribution < 1.29 is 10.2 Å². The van der Waals surface area contributed by atoms with E-state index in [1.54, 1.807) is 18.2 Å². The van der Waals surface area contributed by atoms with Crippen LogP contribution >= 0.6 is 0 Å². The van der Waals surface area contributed by atoms with Crippen LogP contribution in [0.4, 0.5) is 0 Å². The Labute approximate surface area is 80.7 Å². The van der Waals surface area contributed by atoms with E-state index in [4.69, 9.17) is 0 Å². The van der Waals surface area contributed by atoms with Crippen LogP contribution in [0.3, 0.4) is 0 Å². The van der Waals surface area contributed by atoms with E-state index < -0.39 is 0 Å². The molecule has 3 rings (SSSR count). The second-order valence-corrected chi connectivity index (χ2v) is 3.46. The number of aromatic hydroxyl groups is 2. The zero-order valence-corrected chi connectivity index (χ0v) is 7.36. The molecule has 0 aliphatic heterocycles. The van der Waals surface area contributed by atoms with Crippen LogP contribution in [0.25, 0.3) is 22.9 Å². The number of rotatable bonds is 0. The van der Waals surface area contributed by atoms with Crippen molar-refractivity contribution in [3.63, 3.8) is 0 Å². The molecule has 2 aromatic rings. The lowest BCUT2D eigenvalue weighted by Crippen LogP contribution is -1.79. The van der Waals surface area contributed by atoms with Crippen molar-refractivity contribution in [1.82, 2.24) is 0 Å². The van der Waals surface area contributed by atoms with Gasteiger partial charge in [0.05, 0.1) is 0 Å². The van der Waals surface area contributed by atoms with Gasteiger partial charge < -0.3 is 10.2 Å². The summed E-state index contributed by atoms with van der Waals surface area (Å²) in [5.74, 6) is 0.550. The molecule has 0 heterocycles. The Morgan fingerprint density at radius 1 is 0.929 bits per heavy atom. The van der Waals surface area contributed by atoms with Gasteiger partial charge in [-0.15, -0.1) is 0 Å². The summed E-state index contributed by atoms with van der Waals surface area (Å²) >= 11 is 0. The Morgan fingerprint density at radius 3 is 2.64 bits per heavy atom. The first-order chi connectivity index (χ1) is 6.75. The van der Waals surface area contributed by atoms with Gasteiger partial charge in [0.1, 0.15) is 11.5 Å². The maximum atomic E-state index is 9.60. The highest BCUT2D eigenvalue weighted by Gasteiger charge is 2.13. The maximum Gasteiger partial charge on any atom is 0.123 e. The van der Waals surface area contributed by atoms with E-state index in [0.29, 0.717) is 0 Å². The molecule has 2 N–H and O–H groups in total. The van der Waals surface area contributed by atoms with E-state index >= 15 is 0 Å². The van der Waals surface area contributed by atoms with Gasteiger partial charge in [0, 0.05) is 10.9 Å². The van der Waals surface area contributed by atoms with Crippen molar-refractivity contribution in [2.24, 2.45) is 0 Å². The molecule has 0 unspecified atom stereocenters. The van der Waals surface area contributed by atoms with E-state index in [1.807, 2.05) is 18.2 Å². The third kappa shape index (κ3) is 0.799. The lowest BCUT2D eigenvalue weighted by molar-refractivity contribution is 0.473. The van der Waals surface area contributed by atoms with Gasteiger partial charge in [0.25, 0.3) is 0 Å². The van der Waals surface area contributed by atoms with Gasteiger partial charge in [-0.1, -0.05) is 18.2 Å². The zero-order chi connectivity index (χ0) is 9.71. The largest absolute Gasteiger partial charge is 0.508 e. The normalized spacial score (nSPS) is 12.6. The van der Waals surface area contributed by atoms with Gasteiger partial charge in [-0.3, -0.25) is 0 Å². The highest BCUT2D eigenvalue weighted by Crippen LogP contribution is 2.38. The lowest BCUT2D eigenvalue weighted by Gasteiger charge is -2.04. The van der Waals surface area contributed by atoms with Crippen molar-refractivity contribution in [3.05, 3.63) is 35.4 Å². The van der Waals surface area contributed by atoms with Crippen molar-refractivity contribution in [2.45, 2.75) is 0 Å². The first kappa shape index (κ1) is 7.44. The smallest absolute Gasteiger partial charge is 0.123 e.